The molecule has 3 aromatic carbocycles. The second-order valence-corrected chi connectivity index (χ2v) is 8.67. The molecule has 4 nitrogen and oxygen atoms in total. The molecular formula is C28H31N2O2+. The fourth-order valence-electron chi connectivity index (χ4n) is 5.02. The lowest BCUT2D eigenvalue weighted by Gasteiger charge is -2.29. The van der Waals surface area contributed by atoms with Crippen molar-refractivity contribution in [3.05, 3.63) is 84.4 Å². The highest BCUT2D eigenvalue weighted by Gasteiger charge is 2.54. The summed E-state index contributed by atoms with van der Waals surface area (Å²) in [6.07, 6.45) is 4.55. The van der Waals surface area contributed by atoms with Crippen molar-refractivity contribution < 1.29 is 14.4 Å². The van der Waals surface area contributed by atoms with E-state index in [0.29, 0.717) is 13.2 Å². The first-order chi connectivity index (χ1) is 15.7. The van der Waals surface area contributed by atoms with E-state index >= 15 is 0 Å². The van der Waals surface area contributed by atoms with Crippen LogP contribution in [-0.4, -0.2) is 35.2 Å². The molecule has 164 valence electrons. The predicted molar refractivity (Wildman–Crippen MR) is 129 cm³/mol. The van der Waals surface area contributed by atoms with Gasteiger partial charge in [0.1, 0.15) is 11.4 Å². The molecule has 0 spiro atoms. The van der Waals surface area contributed by atoms with Crippen LogP contribution in [0.15, 0.2) is 78.9 Å². The Morgan fingerprint density at radius 2 is 1.59 bits per heavy atom. The zero-order chi connectivity index (χ0) is 22.0. The van der Waals surface area contributed by atoms with Crippen molar-refractivity contribution in [2.45, 2.75) is 38.3 Å². The van der Waals surface area contributed by atoms with Gasteiger partial charge in [-0.05, 0) is 61.6 Å². The smallest absolute Gasteiger partial charge is 0.275 e. The van der Waals surface area contributed by atoms with Crippen LogP contribution in [0, 0.1) is 0 Å². The summed E-state index contributed by atoms with van der Waals surface area (Å²) in [6.45, 7) is 4.21. The van der Waals surface area contributed by atoms with E-state index in [1.165, 1.54) is 24.2 Å². The Hall–Kier alpha value is -3.11. The van der Waals surface area contributed by atoms with E-state index in [9.17, 15) is 5.11 Å². The van der Waals surface area contributed by atoms with Crippen molar-refractivity contribution in [1.29, 1.82) is 0 Å². The van der Waals surface area contributed by atoms with E-state index in [-0.39, 0.29) is 0 Å². The van der Waals surface area contributed by atoms with Crippen LogP contribution >= 0.6 is 0 Å². The summed E-state index contributed by atoms with van der Waals surface area (Å²) in [7, 11) is 0. The molecule has 0 bridgehead atoms. The Kier molecular flexibility index (Phi) is 5.71. The fourth-order valence-corrected chi connectivity index (χ4v) is 5.02. The first-order valence-electron chi connectivity index (χ1n) is 11.7. The van der Waals surface area contributed by atoms with E-state index in [2.05, 4.69) is 70.1 Å². The second kappa shape index (κ2) is 8.79. The van der Waals surface area contributed by atoms with Crippen molar-refractivity contribution >= 4 is 11.5 Å². The molecule has 0 saturated heterocycles. The van der Waals surface area contributed by atoms with Crippen LogP contribution in [0.2, 0.25) is 0 Å². The quantitative estimate of drug-likeness (QED) is 0.554. The number of ether oxygens (including phenoxy) is 1. The summed E-state index contributed by atoms with van der Waals surface area (Å²) >= 11 is 0. The number of aliphatic hydroxyl groups is 1. The first kappa shape index (κ1) is 20.8. The summed E-state index contributed by atoms with van der Waals surface area (Å²) in [6, 6.07) is 26.9. The third-order valence-electron chi connectivity index (χ3n) is 6.59. The Balaban J connectivity index is 1.53. The van der Waals surface area contributed by atoms with Gasteiger partial charge >= 0.3 is 0 Å². The van der Waals surface area contributed by atoms with Crippen LogP contribution in [0.25, 0.3) is 11.1 Å². The van der Waals surface area contributed by atoms with Crippen LogP contribution in [0.5, 0.6) is 5.75 Å². The van der Waals surface area contributed by atoms with Crippen LogP contribution < -0.4 is 9.64 Å². The average Bonchev–Trinajstić information content (AvgIpc) is 2.96. The van der Waals surface area contributed by atoms with Crippen LogP contribution in [0.3, 0.4) is 0 Å². The molecule has 0 fully saturated rings. The summed E-state index contributed by atoms with van der Waals surface area (Å²) in [4.78, 5) is 2.16. The molecule has 5 rings (SSSR count). The van der Waals surface area contributed by atoms with Gasteiger partial charge < -0.3 is 9.84 Å². The summed E-state index contributed by atoms with van der Waals surface area (Å²) < 4.78 is 8.03. The first-order valence-corrected chi connectivity index (χ1v) is 11.7. The van der Waals surface area contributed by atoms with E-state index in [0.717, 1.165) is 42.0 Å². The van der Waals surface area contributed by atoms with Gasteiger partial charge in [0.2, 0.25) is 0 Å². The number of benzene rings is 3. The monoisotopic (exact) mass is 427 g/mol. The topological polar surface area (TPSA) is 35.7 Å². The Bertz CT molecular complexity index is 1090. The number of hydrogen-bond acceptors (Lipinski definition) is 3. The number of rotatable bonds is 5. The van der Waals surface area contributed by atoms with Gasteiger partial charge in [-0.1, -0.05) is 54.6 Å². The molecular weight excluding hydrogens is 396 g/mol. The standard InChI is InChI=1S/C28H31N2O2/c1-2-32-26-18-16-25(17-19-26)30-27-11-7-4-8-20-29(27)21-28(30,31)24-14-12-23(13-15-24)22-9-5-3-6-10-22/h3,5-6,9-10,12-19,31H,2,4,7-8,11,20-21H2,1H3/q+1/t28-/m0/s1. The normalized spacial score (nSPS) is 20.8. The molecule has 4 heteroatoms. The fraction of sp³-hybridized carbons (Fsp3) is 0.321. The Morgan fingerprint density at radius 3 is 2.31 bits per heavy atom. The van der Waals surface area contributed by atoms with Crippen molar-refractivity contribution in [2.75, 3.05) is 24.6 Å². The molecule has 2 heterocycles. The zero-order valence-electron chi connectivity index (χ0n) is 18.7. The Labute approximate surface area is 190 Å². The van der Waals surface area contributed by atoms with Gasteiger partial charge in [-0.3, -0.25) is 4.58 Å². The lowest BCUT2D eigenvalue weighted by atomic mass is 9.96. The number of amidine groups is 1. The average molecular weight is 428 g/mol. The van der Waals surface area contributed by atoms with Gasteiger partial charge in [0.05, 0.1) is 13.2 Å². The number of nitrogens with zero attached hydrogens (tertiary/aromatic N) is 2. The summed E-state index contributed by atoms with van der Waals surface area (Å²) in [5, 5.41) is 12.2. The highest BCUT2D eigenvalue weighted by Crippen LogP contribution is 2.39. The van der Waals surface area contributed by atoms with Crippen LogP contribution in [-0.2, 0) is 5.72 Å². The Morgan fingerprint density at radius 1 is 0.875 bits per heavy atom. The maximum absolute atomic E-state index is 12.2. The van der Waals surface area contributed by atoms with Crippen molar-refractivity contribution in [2.24, 2.45) is 0 Å². The lowest BCUT2D eigenvalue weighted by Crippen LogP contribution is -2.47. The van der Waals surface area contributed by atoms with Gasteiger partial charge in [0, 0.05) is 12.0 Å². The van der Waals surface area contributed by atoms with Gasteiger partial charge in [-0.15, -0.1) is 0 Å². The predicted octanol–water partition coefficient (Wildman–Crippen LogP) is 5.40. The number of hydrogen-bond donors (Lipinski definition) is 1. The SMILES string of the molecule is CCOc1ccc(N2C3=[N+](CCCCC3)C[C@]2(O)c2ccc(-c3ccccc3)cc2)cc1. The number of anilines is 1. The maximum Gasteiger partial charge on any atom is 0.275 e. The summed E-state index contributed by atoms with van der Waals surface area (Å²) in [5.41, 5.74) is 3.17. The van der Waals surface area contributed by atoms with Gasteiger partial charge in [-0.2, -0.15) is 4.90 Å². The lowest BCUT2D eigenvalue weighted by molar-refractivity contribution is -0.534. The largest absolute Gasteiger partial charge is 0.494 e. The molecule has 1 N–H and O–H groups in total. The van der Waals surface area contributed by atoms with Crippen LogP contribution in [0.4, 0.5) is 5.69 Å². The third-order valence-corrected chi connectivity index (χ3v) is 6.59. The van der Waals surface area contributed by atoms with E-state index in [1.54, 1.807) is 0 Å². The van der Waals surface area contributed by atoms with Gasteiger partial charge in [0.15, 0.2) is 6.54 Å². The third kappa shape index (κ3) is 3.80. The molecule has 3 aromatic rings. The molecule has 0 aromatic heterocycles. The molecule has 0 amide bonds. The second-order valence-electron chi connectivity index (χ2n) is 8.67. The van der Waals surface area contributed by atoms with Crippen molar-refractivity contribution in [1.82, 2.24) is 0 Å². The molecule has 0 saturated carbocycles. The minimum Gasteiger partial charge on any atom is -0.494 e. The van der Waals surface area contributed by atoms with Gasteiger partial charge in [0.25, 0.3) is 11.6 Å². The van der Waals surface area contributed by atoms with E-state index in [1.807, 2.05) is 25.1 Å². The molecule has 0 aliphatic carbocycles. The van der Waals surface area contributed by atoms with Crippen molar-refractivity contribution in [3.8, 4) is 16.9 Å². The molecule has 2 aliphatic rings. The highest BCUT2D eigenvalue weighted by atomic mass is 16.5. The highest BCUT2D eigenvalue weighted by molar-refractivity contribution is 5.97. The molecule has 0 unspecified atom stereocenters. The summed E-state index contributed by atoms with van der Waals surface area (Å²) in [5.74, 6) is 2.08. The van der Waals surface area contributed by atoms with E-state index < -0.39 is 5.72 Å². The maximum atomic E-state index is 12.2. The molecule has 1 atom stereocenters. The van der Waals surface area contributed by atoms with E-state index in [4.69, 9.17) is 4.74 Å². The zero-order valence-corrected chi connectivity index (χ0v) is 18.7. The van der Waals surface area contributed by atoms with Gasteiger partial charge in [-0.25, -0.2) is 0 Å². The van der Waals surface area contributed by atoms with Crippen molar-refractivity contribution in [3.63, 3.8) is 0 Å². The molecule has 0 radical (unpaired) electrons. The minimum absolute atomic E-state index is 0.584. The molecule has 32 heavy (non-hydrogen) atoms. The molecule has 2 aliphatic heterocycles. The minimum atomic E-state index is -1.10. The van der Waals surface area contributed by atoms with Crippen LogP contribution in [0.1, 0.15) is 38.2 Å².